The summed E-state index contributed by atoms with van der Waals surface area (Å²) in [6, 6.07) is 7.18. The molecule has 1 aromatic carbocycles. The molecule has 0 aliphatic heterocycles. The van der Waals surface area contributed by atoms with Crippen molar-refractivity contribution >= 4 is 21.4 Å². The zero-order valence-corrected chi connectivity index (χ0v) is 12.3. The van der Waals surface area contributed by atoms with E-state index in [9.17, 15) is 13.2 Å². The van der Waals surface area contributed by atoms with Gasteiger partial charge in [0, 0.05) is 5.69 Å². The molecule has 0 radical (unpaired) electrons. The third kappa shape index (κ3) is 4.52. The highest BCUT2D eigenvalue weighted by Gasteiger charge is 2.27. The Kier molecular flexibility index (Phi) is 4.89. The zero-order valence-electron chi connectivity index (χ0n) is 11.4. The fourth-order valence-corrected chi connectivity index (χ4v) is 2.83. The van der Waals surface area contributed by atoms with E-state index in [0.717, 1.165) is 5.56 Å². The Hall–Kier alpha value is -1.62. The first kappa shape index (κ1) is 15.4. The number of carbonyl (C=O) groups excluding carboxylic acids is 1. The monoisotopic (exact) mass is 281 g/mol. The van der Waals surface area contributed by atoms with Crippen LogP contribution in [0.25, 0.3) is 0 Å². The molecule has 19 heavy (non-hydrogen) atoms. The highest BCUT2D eigenvalue weighted by atomic mass is 32.2. The van der Waals surface area contributed by atoms with Gasteiger partial charge in [-0.25, -0.2) is 8.42 Å². The number of amides is 1. The number of nitrogens with one attached hydrogen (secondary N) is 1. The van der Waals surface area contributed by atoms with Crippen LogP contribution in [-0.4, -0.2) is 25.3 Å². The molecule has 0 bridgehead atoms. The zero-order chi connectivity index (χ0) is 14.6. The molecule has 1 rings (SSSR count). The molecule has 0 spiro atoms. The second kappa shape index (κ2) is 6.02. The molecule has 0 aliphatic carbocycles. The van der Waals surface area contributed by atoms with E-state index in [1.54, 1.807) is 19.1 Å². The number of sulfone groups is 1. The number of anilines is 1. The lowest BCUT2D eigenvalue weighted by molar-refractivity contribution is -0.115. The van der Waals surface area contributed by atoms with E-state index < -0.39 is 21.0 Å². The smallest absolute Gasteiger partial charge is 0.242 e. The van der Waals surface area contributed by atoms with Crippen LogP contribution in [0.4, 0.5) is 5.69 Å². The van der Waals surface area contributed by atoms with Crippen molar-refractivity contribution in [1.29, 1.82) is 0 Å². The summed E-state index contributed by atoms with van der Waals surface area (Å²) in [5.74, 6) is -0.694. The van der Waals surface area contributed by atoms with Crippen LogP contribution in [0.2, 0.25) is 0 Å². The van der Waals surface area contributed by atoms with Gasteiger partial charge in [-0.05, 0) is 32.9 Å². The summed E-state index contributed by atoms with van der Waals surface area (Å²) in [4.78, 5) is 11.9. The van der Waals surface area contributed by atoms with Crippen LogP contribution >= 0.6 is 0 Å². The van der Waals surface area contributed by atoms with Crippen molar-refractivity contribution in [2.24, 2.45) is 0 Å². The quantitative estimate of drug-likeness (QED) is 0.842. The van der Waals surface area contributed by atoms with Gasteiger partial charge in [-0.3, -0.25) is 4.79 Å². The van der Waals surface area contributed by atoms with E-state index in [0.29, 0.717) is 11.3 Å². The van der Waals surface area contributed by atoms with Gasteiger partial charge in [-0.1, -0.05) is 29.8 Å². The van der Waals surface area contributed by atoms with Crippen molar-refractivity contribution in [1.82, 2.24) is 0 Å². The minimum absolute atomic E-state index is 0.171. The second-order valence-corrected chi connectivity index (χ2v) is 7.08. The van der Waals surface area contributed by atoms with Gasteiger partial charge in [0.2, 0.25) is 5.91 Å². The Bertz CT molecular complexity index is 573. The highest BCUT2D eigenvalue weighted by Crippen LogP contribution is 2.12. The molecule has 4 nitrogen and oxygen atoms in total. The molecule has 0 saturated carbocycles. The standard InChI is InChI=1S/C14H19NO3S/c1-10(2)9-19(17,18)12(4)14(16)15-13-7-5-11(3)6-8-13/h5-8,12H,1,9H2,2-4H3,(H,15,16)/t12-/m0/s1. The second-order valence-electron chi connectivity index (χ2n) is 4.76. The number of aryl methyl sites for hydroxylation is 1. The number of carbonyl (C=O) groups is 1. The minimum Gasteiger partial charge on any atom is -0.325 e. The summed E-state index contributed by atoms with van der Waals surface area (Å²) in [6.45, 7) is 8.52. The van der Waals surface area contributed by atoms with Crippen molar-refractivity contribution in [3.63, 3.8) is 0 Å². The number of hydrogen-bond acceptors (Lipinski definition) is 3. The Morgan fingerprint density at radius 1 is 1.32 bits per heavy atom. The Balaban J connectivity index is 2.78. The summed E-state index contributed by atoms with van der Waals surface area (Å²) >= 11 is 0. The predicted molar refractivity (Wildman–Crippen MR) is 77.9 cm³/mol. The van der Waals surface area contributed by atoms with E-state index in [4.69, 9.17) is 0 Å². The molecule has 1 N–H and O–H groups in total. The fourth-order valence-electron chi connectivity index (χ4n) is 1.51. The van der Waals surface area contributed by atoms with Crippen LogP contribution in [0.3, 0.4) is 0 Å². The maximum absolute atomic E-state index is 11.9. The fraction of sp³-hybridized carbons (Fsp3) is 0.357. The maximum atomic E-state index is 11.9. The molecule has 0 fully saturated rings. The largest absolute Gasteiger partial charge is 0.325 e. The van der Waals surface area contributed by atoms with E-state index in [1.807, 2.05) is 19.1 Å². The van der Waals surface area contributed by atoms with Crippen LogP contribution in [0.5, 0.6) is 0 Å². The van der Waals surface area contributed by atoms with E-state index in [2.05, 4.69) is 11.9 Å². The first-order chi connectivity index (χ1) is 8.72. The Morgan fingerprint density at radius 3 is 2.32 bits per heavy atom. The van der Waals surface area contributed by atoms with E-state index in [1.165, 1.54) is 6.92 Å². The Morgan fingerprint density at radius 2 is 1.84 bits per heavy atom. The average molecular weight is 281 g/mol. The first-order valence-corrected chi connectivity index (χ1v) is 7.67. The lowest BCUT2D eigenvalue weighted by Crippen LogP contribution is -2.34. The van der Waals surface area contributed by atoms with E-state index >= 15 is 0 Å². The maximum Gasteiger partial charge on any atom is 0.242 e. The molecule has 104 valence electrons. The minimum atomic E-state index is -3.50. The van der Waals surface area contributed by atoms with Gasteiger partial charge in [-0.15, -0.1) is 0 Å². The van der Waals surface area contributed by atoms with Crippen molar-refractivity contribution in [3.8, 4) is 0 Å². The summed E-state index contributed by atoms with van der Waals surface area (Å²) in [6.07, 6.45) is 0. The summed E-state index contributed by atoms with van der Waals surface area (Å²) in [5, 5.41) is 1.51. The van der Waals surface area contributed by atoms with Crippen molar-refractivity contribution in [2.45, 2.75) is 26.0 Å². The predicted octanol–water partition coefficient (Wildman–Crippen LogP) is 2.31. The summed E-state index contributed by atoms with van der Waals surface area (Å²) in [7, 11) is -3.50. The normalized spacial score (nSPS) is 12.8. The van der Waals surface area contributed by atoms with Crippen LogP contribution in [0.15, 0.2) is 36.4 Å². The molecule has 0 heterocycles. The molecule has 1 atom stereocenters. The molecule has 1 amide bonds. The first-order valence-electron chi connectivity index (χ1n) is 5.96. The lowest BCUT2D eigenvalue weighted by Gasteiger charge is -2.13. The molecule has 0 saturated heterocycles. The molecule has 0 aromatic heterocycles. The van der Waals surface area contributed by atoms with Gasteiger partial charge >= 0.3 is 0 Å². The summed E-state index contributed by atoms with van der Waals surface area (Å²) in [5.41, 5.74) is 2.18. The van der Waals surface area contributed by atoms with Crippen LogP contribution in [0.1, 0.15) is 19.4 Å². The topological polar surface area (TPSA) is 63.2 Å². The van der Waals surface area contributed by atoms with Gasteiger partial charge in [0.1, 0.15) is 5.25 Å². The van der Waals surface area contributed by atoms with Crippen LogP contribution < -0.4 is 5.32 Å². The molecule has 5 heteroatoms. The molecular formula is C14H19NO3S. The van der Waals surface area contributed by atoms with E-state index in [-0.39, 0.29) is 5.75 Å². The molecule has 0 aliphatic rings. The van der Waals surface area contributed by atoms with Crippen LogP contribution in [-0.2, 0) is 14.6 Å². The van der Waals surface area contributed by atoms with Crippen LogP contribution in [0, 0.1) is 6.92 Å². The number of rotatable bonds is 5. The number of benzene rings is 1. The third-order valence-electron chi connectivity index (χ3n) is 2.67. The van der Waals surface area contributed by atoms with Gasteiger partial charge in [-0.2, -0.15) is 0 Å². The van der Waals surface area contributed by atoms with Gasteiger partial charge < -0.3 is 5.32 Å². The van der Waals surface area contributed by atoms with Gasteiger partial charge in [0.25, 0.3) is 0 Å². The third-order valence-corrected chi connectivity index (χ3v) is 4.86. The Labute approximate surface area is 114 Å². The molecule has 0 unspecified atom stereocenters. The molecular weight excluding hydrogens is 262 g/mol. The van der Waals surface area contributed by atoms with Gasteiger partial charge in [0.15, 0.2) is 9.84 Å². The van der Waals surface area contributed by atoms with Crippen molar-refractivity contribution in [3.05, 3.63) is 42.0 Å². The van der Waals surface area contributed by atoms with Crippen molar-refractivity contribution in [2.75, 3.05) is 11.1 Å². The SMILES string of the molecule is C=C(C)CS(=O)(=O)[C@@H](C)C(=O)Nc1ccc(C)cc1. The lowest BCUT2D eigenvalue weighted by atomic mass is 10.2. The summed E-state index contributed by atoms with van der Waals surface area (Å²) < 4.78 is 23.8. The highest BCUT2D eigenvalue weighted by molar-refractivity contribution is 7.92. The van der Waals surface area contributed by atoms with Gasteiger partial charge in [0.05, 0.1) is 5.75 Å². The number of hydrogen-bond donors (Lipinski definition) is 1. The average Bonchev–Trinajstić information content (AvgIpc) is 2.29. The van der Waals surface area contributed by atoms with Crippen molar-refractivity contribution < 1.29 is 13.2 Å². The molecule has 1 aromatic rings.